The van der Waals surface area contributed by atoms with Gasteiger partial charge in [-0.25, -0.2) is 9.18 Å². The van der Waals surface area contributed by atoms with Crippen LogP contribution in [0.2, 0.25) is 0 Å². The van der Waals surface area contributed by atoms with Gasteiger partial charge in [-0.15, -0.1) is 0 Å². The lowest BCUT2D eigenvalue weighted by atomic mass is 9.95. The Balaban J connectivity index is 1.77. The van der Waals surface area contributed by atoms with Crippen LogP contribution in [0.5, 0.6) is 5.75 Å². The van der Waals surface area contributed by atoms with E-state index in [9.17, 15) is 9.59 Å². The Labute approximate surface area is 200 Å². The molecule has 2 saturated carbocycles. The lowest BCUT2D eigenvalue weighted by Crippen LogP contribution is -2.36. The van der Waals surface area contributed by atoms with E-state index in [0.717, 1.165) is 51.4 Å². The van der Waals surface area contributed by atoms with E-state index in [2.05, 4.69) is 9.88 Å². The molecule has 2 aliphatic carbocycles. The van der Waals surface area contributed by atoms with E-state index in [1.165, 1.54) is 12.5 Å². The Hall–Kier alpha value is -2.57. The highest BCUT2D eigenvalue weighted by molar-refractivity contribution is 5.84. The monoisotopic (exact) mass is 472 g/mol. The first-order valence-corrected chi connectivity index (χ1v) is 12.9. The van der Waals surface area contributed by atoms with Crippen molar-refractivity contribution in [2.24, 2.45) is 5.92 Å². The van der Waals surface area contributed by atoms with Crippen molar-refractivity contribution in [2.75, 3.05) is 11.9 Å². The summed E-state index contributed by atoms with van der Waals surface area (Å²) in [5.41, 5.74) is 0.759. The maximum Gasteiger partial charge on any atom is 0.347 e. The molecular formula is C27H37FN2O4. The van der Waals surface area contributed by atoms with Gasteiger partial charge in [0.2, 0.25) is 5.43 Å². The number of hydrogen-bond donors (Lipinski definition) is 1. The number of esters is 1. The first-order valence-electron chi connectivity index (χ1n) is 12.9. The van der Waals surface area contributed by atoms with Crippen molar-refractivity contribution < 1.29 is 18.7 Å². The molecule has 0 radical (unpaired) electrons. The lowest BCUT2D eigenvalue weighted by molar-refractivity contribution is -0.153. The molecule has 2 aliphatic rings. The number of carbonyl (C=O) groups excluding carboxylic acids is 1. The number of rotatable bonds is 8. The van der Waals surface area contributed by atoms with Gasteiger partial charge in [-0.2, -0.15) is 0 Å². The third kappa shape index (κ3) is 5.23. The van der Waals surface area contributed by atoms with Crippen molar-refractivity contribution in [1.82, 2.24) is 4.57 Å². The lowest BCUT2D eigenvalue weighted by Gasteiger charge is -2.26. The Bertz CT molecular complexity index is 1070. The predicted molar refractivity (Wildman–Crippen MR) is 132 cm³/mol. The maximum absolute atomic E-state index is 15.2. The summed E-state index contributed by atoms with van der Waals surface area (Å²) in [5, 5.41) is 3.67. The first-order chi connectivity index (χ1) is 16.4. The number of ether oxygens (including phenoxy) is 2. The van der Waals surface area contributed by atoms with Crippen molar-refractivity contribution >= 4 is 22.6 Å². The van der Waals surface area contributed by atoms with E-state index in [4.69, 9.17) is 9.47 Å². The second kappa shape index (κ2) is 10.8. The summed E-state index contributed by atoms with van der Waals surface area (Å²) < 4.78 is 28.4. The highest BCUT2D eigenvalue weighted by Gasteiger charge is 2.29. The number of carbonyl (C=O) groups is 1. The molecule has 1 unspecified atom stereocenters. The van der Waals surface area contributed by atoms with Gasteiger partial charge in [-0.1, -0.05) is 46.0 Å². The fourth-order valence-corrected chi connectivity index (χ4v) is 5.31. The van der Waals surface area contributed by atoms with Gasteiger partial charge in [0.05, 0.1) is 29.4 Å². The van der Waals surface area contributed by atoms with Gasteiger partial charge in [-0.3, -0.25) is 4.79 Å². The molecule has 0 bridgehead atoms. The Morgan fingerprint density at radius 1 is 1.12 bits per heavy atom. The van der Waals surface area contributed by atoms with Crippen molar-refractivity contribution in [1.29, 1.82) is 0 Å². The summed E-state index contributed by atoms with van der Waals surface area (Å²) in [6.07, 6.45) is 10.6. The van der Waals surface area contributed by atoms with Gasteiger partial charge in [0.15, 0.2) is 11.9 Å². The fraction of sp³-hybridized carbons (Fsp3) is 0.630. The summed E-state index contributed by atoms with van der Waals surface area (Å²) in [5.74, 6) is -1.05. The fourth-order valence-electron chi connectivity index (χ4n) is 5.31. The highest BCUT2D eigenvalue weighted by atomic mass is 19.1. The minimum atomic E-state index is -0.904. The number of aromatic nitrogens is 1. The van der Waals surface area contributed by atoms with E-state index >= 15 is 4.39 Å². The normalized spacial score (nSPS) is 18.4. The number of nitrogens with zero attached hydrogens (tertiary/aromatic N) is 1. The molecule has 1 aromatic carbocycles. The van der Waals surface area contributed by atoms with Crippen molar-refractivity contribution in [3.8, 4) is 5.75 Å². The number of halogens is 1. The van der Waals surface area contributed by atoms with Gasteiger partial charge in [0, 0.05) is 18.0 Å². The molecule has 0 aliphatic heterocycles. The van der Waals surface area contributed by atoms with Crippen LogP contribution in [-0.4, -0.2) is 29.3 Å². The average Bonchev–Trinajstić information content (AvgIpc) is 3.35. The zero-order valence-electron chi connectivity index (χ0n) is 20.6. The van der Waals surface area contributed by atoms with Crippen molar-refractivity contribution in [2.45, 2.75) is 96.7 Å². The van der Waals surface area contributed by atoms with E-state index in [-0.39, 0.29) is 35.7 Å². The number of nitrogens with one attached hydrogen (secondary N) is 1. The molecule has 6 nitrogen and oxygen atoms in total. The standard InChI is InChI=1S/C27H37FN2O4/c1-4-33-27(32)26(17(2)3)34-24-16-30(19-12-8-9-13-19)23-15-22(21(28)14-20(23)25(24)31)29-18-10-6-5-7-11-18/h14-19,26,29H,4-13H2,1-3H3. The molecule has 0 spiro atoms. The summed E-state index contributed by atoms with van der Waals surface area (Å²) in [6.45, 7) is 5.67. The smallest absolute Gasteiger partial charge is 0.347 e. The molecule has 1 N–H and O–H groups in total. The van der Waals surface area contributed by atoms with E-state index in [1.54, 1.807) is 19.2 Å². The zero-order chi connectivity index (χ0) is 24.2. The van der Waals surface area contributed by atoms with E-state index in [0.29, 0.717) is 11.2 Å². The van der Waals surface area contributed by atoms with Crippen molar-refractivity contribution in [3.63, 3.8) is 0 Å². The molecular weight excluding hydrogens is 435 g/mol. The molecule has 34 heavy (non-hydrogen) atoms. The average molecular weight is 473 g/mol. The number of benzene rings is 1. The first kappa shape index (κ1) is 24.6. The van der Waals surface area contributed by atoms with Gasteiger partial charge in [0.25, 0.3) is 0 Å². The number of anilines is 1. The number of hydrogen-bond acceptors (Lipinski definition) is 5. The van der Waals surface area contributed by atoms with Gasteiger partial charge in [0.1, 0.15) is 5.82 Å². The van der Waals surface area contributed by atoms with Gasteiger partial charge in [-0.05, 0) is 44.7 Å². The number of pyridine rings is 1. The predicted octanol–water partition coefficient (Wildman–Crippen LogP) is 5.97. The summed E-state index contributed by atoms with van der Waals surface area (Å²) in [7, 11) is 0. The Kier molecular flexibility index (Phi) is 7.79. The minimum Gasteiger partial charge on any atom is -0.473 e. The molecule has 4 rings (SSSR count). The third-order valence-electron chi connectivity index (χ3n) is 7.15. The van der Waals surface area contributed by atoms with Crippen LogP contribution in [0.4, 0.5) is 10.1 Å². The van der Waals surface area contributed by atoms with Crippen LogP contribution in [0.25, 0.3) is 10.9 Å². The third-order valence-corrected chi connectivity index (χ3v) is 7.15. The van der Waals surface area contributed by atoms with Crippen LogP contribution in [0.1, 0.15) is 84.6 Å². The Morgan fingerprint density at radius 2 is 1.79 bits per heavy atom. The van der Waals surface area contributed by atoms with E-state index < -0.39 is 23.3 Å². The molecule has 1 aromatic heterocycles. The van der Waals surface area contributed by atoms with Gasteiger partial charge >= 0.3 is 5.97 Å². The summed E-state index contributed by atoms with van der Waals surface area (Å²) in [4.78, 5) is 25.9. The summed E-state index contributed by atoms with van der Waals surface area (Å²) in [6, 6.07) is 3.58. The van der Waals surface area contributed by atoms with Crippen LogP contribution >= 0.6 is 0 Å². The SMILES string of the molecule is CCOC(=O)C(Oc1cn(C2CCCC2)c2cc(NC3CCCCC3)c(F)cc2c1=O)C(C)C. The Morgan fingerprint density at radius 3 is 2.44 bits per heavy atom. The van der Waals surface area contributed by atoms with Crippen LogP contribution in [0.3, 0.4) is 0 Å². The van der Waals surface area contributed by atoms with Gasteiger partial charge < -0.3 is 19.4 Å². The molecule has 0 saturated heterocycles. The molecule has 1 heterocycles. The summed E-state index contributed by atoms with van der Waals surface area (Å²) >= 11 is 0. The quantitative estimate of drug-likeness (QED) is 0.480. The van der Waals surface area contributed by atoms with Crippen LogP contribution in [0, 0.1) is 11.7 Å². The van der Waals surface area contributed by atoms with Crippen LogP contribution < -0.4 is 15.5 Å². The number of fused-ring (bicyclic) bond motifs is 1. The van der Waals surface area contributed by atoms with Crippen molar-refractivity contribution in [3.05, 3.63) is 34.4 Å². The minimum absolute atomic E-state index is 0.0681. The zero-order valence-corrected chi connectivity index (χ0v) is 20.6. The molecule has 7 heteroatoms. The molecule has 2 fully saturated rings. The van der Waals surface area contributed by atoms with Crippen LogP contribution in [-0.2, 0) is 9.53 Å². The second-order valence-electron chi connectivity index (χ2n) is 10.0. The highest BCUT2D eigenvalue weighted by Crippen LogP contribution is 2.35. The largest absolute Gasteiger partial charge is 0.473 e. The van der Waals surface area contributed by atoms with E-state index in [1.807, 2.05) is 13.8 Å². The second-order valence-corrected chi connectivity index (χ2v) is 10.0. The molecule has 186 valence electrons. The maximum atomic E-state index is 15.2. The molecule has 1 atom stereocenters. The molecule has 2 aromatic rings. The molecule has 0 amide bonds. The van der Waals surface area contributed by atoms with Crippen LogP contribution in [0.15, 0.2) is 23.1 Å². The topological polar surface area (TPSA) is 69.6 Å².